The number of aromatic nitrogens is 2. The van der Waals surface area contributed by atoms with Gasteiger partial charge in [0.1, 0.15) is 5.54 Å². The minimum absolute atomic E-state index is 0.511. The highest BCUT2D eigenvalue weighted by molar-refractivity contribution is 5.79. The fraction of sp³-hybridized carbons (Fsp3) is 0.667. The number of carboxylic acids is 1. The molecule has 0 aromatic carbocycles. The van der Waals surface area contributed by atoms with Gasteiger partial charge in [-0.3, -0.25) is 9.48 Å². The maximum absolute atomic E-state index is 11.4. The van der Waals surface area contributed by atoms with Gasteiger partial charge in [0.25, 0.3) is 0 Å². The zero-order valence-electron chi connectivity index (χ0n) is 10.4. The zero-order valence-corrected chi connectivity index (χ0v) is 10.4. The molecule has 5 heteroatoms. The molecule has 0 radical (unpaired) electrons. The quantitative estimate of drug-likeness (QED) is 0.818. The fourth-order valence-electron chi connectivity index (χ4n) is 2.54. The first-order chi connectivity index (χ1) is 8.07. The second-order valence-corrected chi connectivity index (χ2v) is 4.69. The molecule has 1 aromatic rings. The molecule has 2 N–H and O–H groups in total. The Labute approximate surface area is 101 Å². The van der Waals surface area contributed by atoms with Gasteiger partial charge < -0.3 is 10.4 Å². The molecule has 17 heavy (non-hydrogen) atoms. The monoisotopic (exact) mass is 237 g/mol. The second-order valence-electron chi connectivity index (χ2n) is 4.69. The summed E-state index contributed by atoms with van der Waals surface area (Å²) < 4.78 is 1.89. The number of rotatable bonds is 4. The summed E-state index contributed by atoms with van der Waals surface area (Å²) in [4.78, 5) is 11.4. The van der Waals surface area contributed by atoms with Gasteiger partial charge in [0.05, 0.1) is 5.69 Å². The van der Waals surface area contributed by atoms with Gasteiger partial charge in [0.15, 0.2) is 0 Å². The van der Waals surface area contributed by atoms with E-state index in [-0.39, 0.29) is 0 Å². The lowest BCUT2D eigenvalue weighted by Crippen LogP contribution is -2.49. The van der Waals surface area contributed by atoms with Gasteiger partial charge >= 0.3 is 5.97 Å². The minimum atomic E-state index is -0.792. The van der Waals surface area contributed by atoms with Gasteiger partial charge in [0.2, 0.25) is 0 Å². The molecule has 1 aliphatic rings. The Bertz CT molecular complexity index is 419. The van der Waals surface area contributed by atoms with Crippen LogP contribution in [-0.4, -0.2) is 32.9 Å². The van der Waals surface area contributed by atoms with Crippen molar-refractivity contribution in [2.75, 3.05) is 6.54 Å². The van der Waals surface area contributed by atoms with E-state index in [1.165, 1.54) is 0 Å². The van der Waals surface area contributed by atoms with Crippen molar-refractivity contribution in [2.45, 2.75) is 45.2 Å². The third-order valence-electron chi connectivity index (χ3n) is 3.42. The Morgan fingerprint density at radius 1 is 1.71 bits per heavy atom. The van der Waals surface area contributed by atoms with Crippen LogP contribution in [0.4, 0.5) is 0 Å². The van der Waals surface area contributed by atoms with Crippen LogP contribution in [0, 0.1) is 6.92 Å². The Hall–Kier alpha value is -1.36. The van der Waals surface area contributed by atoms with E-state index >= 15 is 0 Å². The maximum Gasteiger partial charge on any atom is 0.324 e. The summed E-state index contributed by atoms with van der Waals surface area (Å²) in [5.74, 6) is -0.753. The summed E-state index contributed by atoms with van der Waals surface area (Å²) in [6, 6.07) is 1.98. The predicted molar refractivity (Wildman–Crippen MR) is 63.9 cm³/mol. The van der Waals surface area contributed by atoms with E-state index < -0.39 is 11.5 Å². The lowest BCUT2D eigenvalue weighted by atomic mass is 9.91. The molecule has 1 saturated heterocycles. The highest BCUT2D eigenvalue weighted by Gasteiger charge is 2.41. The number of nitrogens with zero attached hydrogens (tertiary/aromatic N) is 2. The zero-order chi connectivity index (χ0) is 12.5. The molecule has 1 unspecified atom stereocenters. The van der Waals surface area contributed by atoms with Crippen LogP contribution < -0.4 is 5.32 Å². The minimum Gasteiger partial charge on any atom is -0.480 e. The van der Waals surface area contributed by atoms with Gasteiger partial charge in [-0.1, -0.05) is 0 Å². The van der Waals surface area contributed by atoms with Crippen molar-refractivity contribution in [3.05, 3.63) is 17.5 Å². The number of carbonyl (C=O) groups is 1. The largest absolute Gasteiger partial charge is 0.480 e. The van der Waals surface area contributed by atoms with Crippen LogP contribution in [0.2, 0.25) is 0 Å². The average molecular weight is 237 g/mol. The molecule has 5 nitrogen and oxygen atoms in total. The molecule has 0 bridgehead atoms. The van der Waals surface area contributed by atoms with Gasteiger partial charge in [-0.2, -0.15) is 5.10 Å². The summed E-state index contributed by atoms with van der Waals surface area (Å²) in [5.41, 5.74) is 1.15. The van der Waals surface area contributed by atoms with E-state index in [2.05, 4.69) is 10.4 Å². The molecule has 1 atom stereocenters. The van der Waals surface area contributed by atoms with Gasteiger partial charge in [0, 0.05) is 18.7 Å². The molecule has 1 fully saturated rings. The SMILES string of the molecule is CCn1nc(C)cc1CC1(C(=O)O)CCCN1. The van der Waals surface area contributed by atoms with Crippen LogP contribution in [-0.2, 0) is 17.8 Å². The van der Waals surface area contributed by atoms with Crippen molar-refractivity contribution in [1.29, 1.82) is 0 Å². The summed E-state index contributed by atoms with van der Waals surface area (Å²) in [6.07, 6.45) is 2.12. The molecular formula is C12H19N3O2. The van der Waals surface area contributed by atoms with Crippen molar-refractivity contribution >= 4 is 5.97 Å². The van der Waals surface area contributed by atoms with E-state index in [0.29, 0.717) is 12.8 Å². The molecule has 2 rings (SSSR count). The molecule has 0 aliphatic carbocycles. The first kappa shape index (κ1) is 12.1. The molecule has 1 aromatic heterocycles. The topological polar surface area (TPSA) is 67.2 Å². The van der Waals surface area contributed by atoms with Crippen LogP contribution in [0.1, 0.15) is 31.2 Å². The number of aliphatic carboxylic acids is 1. The van der Waals surface area contributed by atoms with Crippen LogP contribution in [0.15, 0.2) is 6.07 Å². The number of carboxylic acid groups (broad SMARTS) is 1. The van der Waals surface area contributed by atoms with Crippen molar-refractivity contribution in [1.82, 2.24) is 15.1 Å². The van der Waals surface area contributed by atoms with E-state index in [1.807, 2.05) is 24.6 Å². The summed E-state index contributed by atoms with van der Waals surface area (Å²) in [5, 5.41) is 16.9. The number of hydrogen-bond acceptors (Lipinski definition) is 3. The van der Waals surface area contributed by atoms with E-state index in [0.717, 1.165) is 30.9 Å². The van der Waals surface area contributed by atoms with Crippen molar-refractivity contribution < 1.29 is 9.90 Å². The van der Waals surface area contributed by atoms with Crippen LogP contribution in [0.25, 0.3) is 0 Å². The van der Waals surface area contributed by atoms with E-state index in [1.54, 1.807) is 0 Å². The molecule has 2 heterocycles. The number of aryl methyl sites for hydroxylation is 2. The van der Waals surface area contributed by atoms with Crippen molar-refractivity contribution in [3.63, 3.8) is 0 Å². The van der Waals surface area contributed by atoms with E-state index in [9.17, 15) is 9.90 Å². The van der Waals surface area contributed by atoms with Crippen molar-refractivity contribution in [2.24, 2.45) is 0 Å². The molecular weight excluding hydrogens is 218 g/mol. The van der Waals surface area contributed by atoms with Gasteiger partial charge in [-0.15, -0.1) is 0 Å². The van der Waals surface area contributed by atoms with Crippen LogP contribution in [0.3, 0.4) is 0 Å². The lowest BCUT2D eigenvalue weighted by molar-refractivity contribution is -0.144. The van der Waals surface area contributed by atoms with E-state index in [4.69, 9.17) is 0 Å². The van der Waals surface area contributed by atoms with Crippen LogP contribution in [0.5, 0.6) is 0 Å². The Kier molecular flexibility index (Phi) is 3.19. The highest BCUT2D eigenvalue weighted by atomic mass is 16.4. The average Bonchev–Trinajstić information content (AvgIpc) is 2.86. The third kappa shape index (κ3) is 2.20. The third-order valence-corrected chi connectivity index (χ3v) is 3.42. The first-order valence-corrected chi connectivity index (χ1v) is 6.09. The second kappa shape index (κ2) is 4.49. The van der Waals surface area contributed by atoms with Gasteiger partial charge in [-0.05, 0) is 39.3 Å². The highest BCUT2D eigenvalue weighted by Crippen LogP contribution is 2.25. The molecule has 94 valence electrons. The van der Waals surface area contributed by atoms with Crippen LogP contribution >= 0.6 is 0 Å². The molecule has 1 aliphatic heterocycles. The Morgan fingerprint density at radius 3 is 3.00 bits per heavy atom. The maximum atomic E-state index is 11.4. The normalized spacial score (nSPS) is 24.1. The fourth-order valence-corrected chi connectivity index (χ4v) is 2.54. The first-order valence-electron chi connectivity index (χ1n) is 6.09. The predicted octanol–water partition coefficient (Wildman–Crippen LogP) is 0.961. The van der Waals surface area contributed by atoms with Gasteiger partial charge in [-0.25, -0.2) is 0 Å². The Balaban J connectivity index is 2.26. The van der Waals surface area contributed by atoms with Crippen molar-refractivity contribution in [3.8, 4) is 0 Å². The number of hydrogen-bond donors (Lipinski definition) is 2. The molecule has 0 saturated carbocycles. The Morgan fingerprint density at radius 2 is 2.47 bits per heavy atom. The lowest BCUT2D eigenvalue weighted by Gasteiger charge is -2.24. The number of nitrogens with one attached hydrogen (secondary N) is 1. The molecule has 0 spiro atoms. The summed E-state index contributed by atoms with van der Waals surface area (Å²) in [6.45, 7) is 5.51. The summed E-state index contributed by atoms with van der Waals surface area (Å²) >= 11 is 0. The summed E-state index contributed by atoms with van der Waals surface area (Å²) in [7, 11) is 0. The standard InChI is InChI=1S/C12H19N3O2/c1-3-15-10(7-9(2)14-15)8-12(11(16)17)5-4-6-13-12/h7,13H,3-6,8H2,1-2H3,(H,16,17). The smallest absolute Gasteiger partial charge is 0.324 e. The molecule has 0 amide bonds.